The highest BCUT2D eigenvalue weighted by atomic mass is 32.2. The molecule has 172 valence electrons. The third kappa shape index (κ3) is 5.09. The van der Waals surface area contributed by atoms with E-state index in [0.717, 1.165) is 24.2 Å². The van der Waals surface area contributed by atoms with Crippen LogP contribution in [0.1, 0.15) is 45.2 Å². The minimum absolute atomic E-state index is 0.122. The second-order valence-corrected chi connectivity index (χ2v) is 8.22. The van der Waals surface area contributed by atoms with E-state index in [9.17, 15) is 4.79 Å². The Morgan fingerprint density at radius 1 is 1.34 bits per heavy atom. The highest BCUT2D eigenvalue weighted by molar-refractivity contribution is 7.99. The Morgan fingerprint density at radius 3 is 2.84 bits per heavy atom. The van der Waals surface area contributed by atoms with Crippen LogP contribution >= 0.6 is 11.8 Å². The second kappa shape index (κ2) is 11.1. The SMILES string of the molecule is C=CCOC(=O)C1=C(C)Nc2nc(SCCCC)nn2C1c1ccc(OCC)c(OC)c1. The molecule has 1 aromatic carbocycles. The molecular formula is C23H30N4O4S. The Balaban J connectivity index is 2.07. The number of hydrogen-bond donors (Lipinski definition) is 1. The van der Waals surface area contributed by atoms with Crippen LogP contribution in [0.5, 0.6) is 11.5 Å². The number of aromatic nitrogens is 3. The minimum atomic E-state index is -0.527. The zero-order chi connectivity index (χ0) is 23.1. The molecule has 1 unspecified atom stereocenters. The maximum atomic E-state index is 13.0. The molecule has 1 aliphatic heterocycles. The van der Waals surface area contributed by atoms with Crippen LogP contribution in [0.15, 0.2) is 47.3 Å². The number of unbranched alkanes of at least 4 members (excludes halogenated alkanes) is 1. The first-order valence-electron chi connectivity index (χ1n) is 10.7. The average molecular weight is 459 g/mol. The van der Waals surface area contributed by atoms with Gasteiger partial charge in [0.2, 0.25) is 11.1 Å². The Labute approximate surface area is 193 Å². The van der Waals surface area contributed by atoms with E-state index in [0.29, 0.717) is 40.5 Å². The molecule has 1 atom stereocenters. The van der Waals surface area contributed by atoms with E-state index in [1.807, 2.05) is 32.0 Å². The van der Waals surface area contributed by atoms with Gasteiger partial charge in [-0.1, -0.05) is 43.8 Å². The van der Waals surface area contributed by atoms with Crippen LogP contribution in [0.3, 0.4) is 0 Å². The Morgan fingerprint density at radius 2 is 2.16 bits per heavy atom. The van der Waals surface area contributed by atoms with Crippen LogP contribution in [-0.2, 0) is 9.53 Å². The summed E-state index contributed by atoms with van der Waals surface area (Å²) in [4.78, 5) is 17.7. The highest BCUT2D eigenvalue weighted by Gasteiger charge is 2.35. The van der Waals surface area contributed by atoms with Crippen molar-refractivity contribution in [3.8, 4) is 11.5 Å². The number of allylic oxidation sites excluding steroid dienone is 1. The number of hydrogen-bond acceptors (Lipinski definition) is 8. The summed E-state index contributed by atoms with van der Waals surface area (Å²) in [5.41, 5.74) is 1.94. The van der Waals surface area contributed by atoms with Crippen molar-refractivity contribution in [1.29, 1.82) is 0 Å². The molecule has 0 saturated carbocycles. The summed E-state index contributed by atoms with van der Waals surface area (Å²) in [6.45, 7) is 10.2. The number of thioether (sulfide) groups is 1. The fraction of sp³-hybridized carbons (Fsp3) is 0.435. The number of anilines is 1. The number of rotatable bonds is 11. The fourth-order valence-corrected chi connectivity index (χ4v) is 4.33. The van der Waals surface area contributed by atoms with Crippen LogP contribution in [0, 0.1) is 0 Å². The molecule has 3 rings (SSSR count). The Hall–Kier alpha value is -2.94. The van der Waals surface area contributed by atoms with Gasteiger partial charge in [-0.3, -0.25) is 0 Å². The Kier molecular flexibility index (Phi) is 8.21. The summed E-state index contributed by atoms with van der Waals surface area (Å²) in [6.07, 6.45) is 3.73. The van der Waals surface area contributed by atoms with Gasteiger partial charge in [0.05, 0.1) is 19.3 Å². The normalized spacial score (nSPS) is 15.1. The molecule has 0 spiro atoms. The van der Waals surface area contributed by atoms with Crippen LogP contribution in [0.2, 0.25) is 0 Å². The molecule has 9 heteroatoms. The number of esters is 1. The lowest BCUT2D eigenvalue weighted by Crippen LogP contribution is -2.29. The van der Waals surface area contributed by atoms with Gasteiger partial charge < -0.3 is 19.5 Å². The van der Waals surface area contributed by atoms with Crippen molar-refractivity contribution in [2.75, 3.05) is 31.4 Å². The van der Waals surface area contributed by atoms with Gasteiger partial charge >= 0.3 is 5.97 Å². The first kappa shape index (κ1) is 23.7. The number of ether oxygens (including phenoxy) is 3. The second-order valence-electron chi connectivity index (χ2n) is 7.16. The zero-order valence-corrected chi connectivity index (χ0v) is 19.8. The lowest BCUT2D eigenvalue weighted by molar-refractivity contribution is -0.138. The van der Waals surface area contributed by atoms with Crippen molar-refractivity contribution in [2.45, 2.75) is 44.8 Å². The van der Waals surface area contributed by atoms with Crippen LogP contribution < -0.4 is 14.8 Å². The van der Waals surface area contributed by atoms with Gasteiger partial charge in [-0.15, -0.1) is 5.10 Å². The molecule has 1 N–H and O–H groups in total. The van der Waals surface area contributed by atoms with Crippen molar-refractivity contribution < 1.29 is 19.0 Å². The zero-order valence-electron chi connectivity index (χ0n) is 19.0. The van der Waals surface area contributed by atoms with Gasteiger partial charge in [-0.25, -0.2) is 9.48 Å². The van der Waals surface area contributed by atoms with Crippen molar-refractivity contribution in [1.82, 2.24) is 14.8 Å². The summed E-state index contributed by atoms with van der Waals surface area (Å²) in [7, 11) is 1.59. The molecule has 1 aliphatic rings. The molecule has 32 heavy (non-hydrogen) atoms. The molecule has 0 bridgehead atoms. The quantitative estimate of drug-likeness (QED) is 0.226. The summed E-state index contributed by atoms with van der Waals surface area (Å²) in [5, 5.41) is 8.59. The van der Waals surface area contributed by atoms with E-state index in [1.165, 1.54) is 0 Å². The number of carbonyl (C=O) groups excluding carboxylic acids is 1. The van der Waals surface area contributed by atoms with Gasteiger partial charge in [0, 0.05) is 11.4 Å². The molecular weight excluding hydrogens is 428 g/mol. The van der Waals surface area contributed by atoms with Gasteiger partial charge in [-0.05, 0) is 38.0 Å². The summed E-state index contributed by atoms with van der Waals surface area (Å²) in [6, 6.07) is 5.09. The molecule has 2 heterocycles. The monoisotopic (exact) mass is 458 g/mol. The number of fused-ring (bicyclic) bond motifs is 1. The van der Waals surface area contributed by atoms with E-state index in [4.69, 9.17) is 19.3 Å². The summed E-state index contributed by atoms with van der Waals surface area (Å²) < 4.78 is 18.3. The first-order valence-corrected chi connectivity index (χ1v) is 11.7. The van der Waals surface area contributed by atoms with Crippen molar-refractivity contribution in [3.05, 3.63) is 47.7 Å². The third-order valence-corrected chi connectivity index (χ3v) is 5.84. The number of benzene rings is 1. The number of methoxy groups -OCH3 is 1. The Bertz CT molecular complexity index is 1000. The molecule has 1 aromatic heterocycles. The van der Waals surface area contributed by atoms with Crippen molar-refractivity contribution in [2.24, 2.45) is 0 Å². The van der Waals surface area contributed by atoms with Crippen molar-refractivity contribution in [3.63, 3.8) is 0 Å². The molecule has 2 aromatic rings. The lowest BCUT2D eigenvalue weighted by atomic mass is 9.95. The lowest BCUT2D eigenvalue weighted by Gasteiger charge is -2.28. The number of nitrogens with zero attached hydrogens (tertiary/aromatic N) is 3. The van der Waals surface area contributed by atoms with E-state index in [1.54, 1.807) is 29.6 Å². The van der Waals surface area contributed by atoms with Gasteiger partial charge in [0.1, 0.15) is 12.6 Å². The van der Waals surface area contributed by atoms with Crippen LogP contribution in [-0.4, -0.2) is 46.8 Å². The van der Waals surface area contributed by atoms with Gasteiger partial charge in [0.25, 0.3) is 0 Å². The highest BCUT2D eigenvalue weighted by Crippen LogP contribution is 2.39. The van der Waals surface area contributed by atoms with E-state index < -0.39 is 12.0 Å². The predicted octanol–water partition coefficient (Wildman–Crippen LogP) is 4.60. The molecule has 0 radical (unpaired) electrons. The number of carbonyl (C=O) groups is 1. The smallest absolute Gasteiger partial charge is 0.338 e. The molecule has 8 nitrogen and oxygen atoms in total. The molecule has 0 amide bonds. The predicted molar refractivity (Wildman–Crippen MR) is 125 cm³/mol. The van der Waals surface area contributed by atoms with Crippen LogP contribution in [0.25, 0.3) is 0 Å². The fourth-order valence-electron chi connectivity index (χ4n) is 3.41. The van der Waals surface area contributed by atoms with E-state index in [-0.39, 0.29) is 6.61 Å². The van der Waals surface area contributed by atoms with Gasteiger partial charge in [0.15, 0.2) is 11.5 Å². The third-order valence-electron chi connectivity index (χ3n) is 4.92. The standard InChI is InChI=1S/C23H30N4O4S/c1-6-9-13-32-23-25-22-24-15(4)19(21(28)31-12-7-2)20(27(22)26-23)16-10-11-17(30-8-3)18(14-16)29-5/h7,10-11,14,20H,2,6,8-9,12-13H2,1,3-5H3,(H,24,25,26). The first-order chi connectivity index (χ1) is 15.5. The minimum Gasteiger partial charge on any atom is -0.493 e. The number of nitrogens with one attached hydrogen (secondary N) is 1. The van der Waals surface area contributed by atoms with E-state index in [2.05, 4.69) is 23.8 Å². The van der Waals surface area contributed by atoms with Crippen molar-refractivity contribution >= 4 is 23.7 Å². The topological polar surface area (TPSA) is 87.5 Å². The largest absolute Gasteiger partial charge is 0.493 e. The summed E-state index contributed by atoms with van der Waals surface area (Å²) >= 11 is 1.60. The molecule has 0 aliphatic carbocycles. The maximum Gasteiger partial charge on any atom is 0.338 e. The van der Waals surface area contributed by atoms with Gasteiger partial charge in [-0.2, -0.15) is 4.98 Å². The molecule has 0 fully saturated rings. The van der Waals surface area contributed by atoms with E-state index >= 15 is 0 Å². The van der Waals surface area contributed by atoms with Crippen LogP contribution in [0.4, 0.5) is 5.95 Å². The molecule has 0 saturated heterocycles. The average Bonchev–Trinajstić information content (AvgIpc) is 3.19. The summed E-state index contributed by atoms with van der Waals surface area (Å²) in [5.74, 6) is 2.30. The maximum absolute atomic E-state index is 13.0.